The van der Waals surface area contributed by atoms with E-state index in [1.54, 1.807) is 7.11 Å². The summed E-state index contributed by atoms with van der Waals surface area (Å²) in [7, 11) is 1.68. The fourth-order valence-corrected chi connectivity index (χ4v) is 4.02. The van der Waals surface area contributed by atoms with Gasteiger partial charge in [-0.2, -0.15) is 0 Å². The van der Waals surface area contributed by atoms with E-state index in [2.05, 4.69) is 69.3 Å². The molecule has 0 spiro atoms. The second kappa shape index (κ2) is 8.56. The maximum Gasteiger partial charge on any atom is 0.143 e. The van der Waals surface area contributed by atoms with Crippen molar-refractivity contribution in [2.24, 2.45) is 23.7 Å². The van der Waals surface area contributed by atoms with Crippen LogP contribution >= 0.6 is 0 Å². The average Bonchev–Trinajstić information content (AvgIpc) is 2.68. The van der Waals surface area contributed by atoms with E-state index in [-0.39, 0.29) is 11.8 Å². The Morgan fingerprint density at radius 3 is 2.11 bits per heavy atom. The normalized spacial score (nSPS) is 23.1. The number of hydrogen-bond acceptors (Lipinski definition) is 2. The Hall–Kier alpha value is -2.35. The van der Waals surface area contributed by atoms with Crippen molar-refractivity contribution in [1.29, 1.82) is 0 Å². The van der Waals surface area contributed by atoms with Crippen LogP contribution in [0.2, 0.25) is 0 Å². The van der Waals surface area contributed by atoms with Gasteiger partial charge in [-0.05, 0) is 53.5 Å². The number of rotatable bonds is 5. The SMILES string of the molecule is COc1ccc(-c2ccc(/C=C/C3C(=O)[C@@H](C(C)C)CC[C@H]3C)cc2)cc1. The number of carbonyl (C=O) groups excluding carboxylic acids is 1. The highest BCUT2D eigenvalue weighted by Gasteiger charge is 2.35. The van der Waals surface area contributed by atoms with Gasteiger partial charge in [-0.15, -0.1) is 0 Å². The van der Waals surface area contributed by atoms with Crippen LogP contribution in [0.4, 0.5) is 0 Å². The third-order valence-corrected chi connectivity index (χ3v) is 5.87. The molecule has 3 atom stereocenters. The van der Waals surface area contributed by atoms with Gasteiger partial charge in [0.25, 0.3) is 0 Å². The molecular formula is C25H30O2. The fraction of sp³-hybridized carbons (Fsp3) is 0.400. The molecule has 3 rings (SSSR count). The van der Waals surface area contributed by atoms with Crippen LogP contribution in [0, 0.1) is 23.7 Å². The Labute approximate surface area is 163 Å². The van der Waals surface area contributed by atoms with Gasteiger partial charge in [0.05, 0.1) is 7.11 Å². The van der Waals surface area contributed by atoms with Crippen molar-refractivity contribution in [1.82, 2.24) is 0 Å². The molecule has 2 nitrogen and oxygen atoms in total. The van der Waals surface area contributed by atoms with Crippen LogP contribution in [0.25, 0.3) is 17.2 Å². The molecule has 0 amide bonds. The molecule has 1 aliphatic rings. The quantitative estimate of drug-likeness (QED) is 0.627. The van der Waals surface area contributed by atoms with Crippen LogP contribution in [0.5, 0.6) is 5.75 Å². The van der Waals surface area contributed by atoms with Crippen molar-refractivity contribution in [2.75, 3.05) is 7.11 Å². The van der Waals surface area contributed by atoms with Gasteiger partial charge in [-0.1, -0.05) is 69.3 Å². The molecule has 142 valence electrons. The number of methoxy groups -OCH3 is 1. The van der Waals surface area contributed by atoms with Crippen LogP contribution in [0.1, 0.15) is 39.2 Å². The summed E-state index contributed by atoms with van der Waals surface area (Å²) < 4.78 is 5.22. The predicted octanol–water partition coefficient (Wildman–Crippen LogP) is 6.26. The Morgan fingerprint density at radius 2 is 1.56 bits per heavy atom. The van der Waals surface area contributed by atoms with Gasteiger partial charge in [0.1, 0.15) is 11.5 Å². The molecule has 0 radical (unpaired) electrons. The van der Waals surface area contributed by atoms with E-state index in [0.717, 1.165) is 24.2 Å². The maximum absolute atomic E-state index is 12.8. The van der Waals surface area contributed by atoms with Crippen molar-refractivity contribution in [3.63, 3.8) is 0 Å². The monoisotopic (exact) mass is 362 g/mol. The number of ketones is 1. The van der Waals surface area contributed by atoms with E-state index in [1.165, 1.54) is 11.1 Å². The van der Waals surface area contributed by atoms with Gasteiger partial charge in [-0.3, -0.25) is 4.79 Å². The fourth-order valence-electron chi connectivity index (χ4n) is 4.02. The van der Waals surface area contributed by atoms with Crippen molar-refractivity contribution in [3.05, 3.63) is 60.2 Å². The molecule has 0 heterocycles. The lowest BCUT2D eigenvalue weighted by molar-refractivity contribution is -0.130. The molecule has 2 aromatic carbocycles. The zero-order valence-electron chi connectivity index (χ0n) is 16.8. The zero-order valence-corrected chi connectivity index (χ0v) is 16.8. The summed E-state index contributed by atoms with van der Waals surface area (Å²) in [6, 6.07) is 16.6. The molecule has 1 saturated carbocycles. The van der Waals surface area contributed by atoms with Crippen LogP contribution in [0.3, 0.4) is 0 Å². The first-order valence-corrected chi connectivity index (χ1v) is 9.96. The molecular weight excluding hydrogens is 332 g/mol. The van der Waals surface area contributed by atoms with Gasteiger partial charge in [0, 0.05) is 11.8 Å². The predicted molar refractivity (Wildman–Crippen MR) is 113 cm³/mol. The van der Waals surface area contributed by atoms with Crippen LogP contribution in [-0.4, -0.2) is 12.9 Å². The number of allylic oxidation sites excluding steroid dienone is 1. The molecule has 0 saturated heterocycles. The first-order valence-electron chi connectivity index (χ1n) is 9.96. The third kappa shape index (κ3) is 4.50. The van der Waals surface area contributed by atoms with Crippen LogP contribution in [0.15, 0.2) is 54.6 Å². The van der Waals surface area contributed by atoms with E-state index in [1.807, 2.05) is 12.1 Å². The van der Waals surface area contributed by atoms with Crippen LogP contribution < -0.4 is 4.74 Å². The zero-order chi connectivity index (χ0) is 19.4. The molecule has 0 N–H and O–H groups in total. The van der Waals surface area contributed by atoms with Gasteiger partial charge >= 0.3 is 0 Å². The van der Waals surface area contributed by atoms with Crippen molar-refractivity contribution in [3.8, 4) is 16.9 Å². The van der Waals surface area contributed by atoms with Crippen molar-refractivity contribution >= 4 is 11.9 Å². The number of benzene rings is 2. The second-order valence-electron chi connectivity index (χ2n) is 8.04. The molecule has 0 aromatic heterocycles. The lowest BCUT2D eigenvalue weighted by Crippen LogP contribution is -2.35. The van der Waals surface area contributed by atoms with E-state index in [4.69, 9.17) is 4.74 Å². The van der Waals surface area contributed by atoms with Gasteiger partial charge in [0.2, 0.25) is 0 Å². The summed E-state index contributed by atoms with van der Waals surface area (Å²) in [6.45, 7) is 6.53. The van der Waals surface area contributed by atoms with Crippen LogP contribution in [-0.2, 0) is 4.79 Å². The lowest BCUT2D eigenvalue weighted by Gasteiger charge is -2.33. The highest BCUT2D eigenvalue weighted by molar-refractivity contribution is 5.87. The van der Waals surface area contributed by atoms with Gasteiger partial charge < -0.3 is 4.74 Å². The number of Topliss-reactive ketones (excluding diaryl/α,β-unsaturated/α-hetero) is 1. The number of ether oxygens (including phenoxy) is 1. The molecule has 1 aliphatic carbocycles. The largest absolute Gasteiger partial charge is 0.497 e. The summed E-state index contributed by atoms with van der Waals surface area (Å²) >= 11 is 0. The lowest BCUT2D eigenvalue weighted by atomic mass is 9.70. The minimum absolute atomic E-state index is 0.0485. The first-order chi connectivity index (χ1) is 13.0. The molecule has 1 fully saturated rings. The van der Waals surface area contributed by atoms with Gasteiger partial charge in [-0.25, -0.2) is 0 Å². The smallest absolute Gasteiger partial charge is 0.143 e. The summed E-state index contributed by atoms with van der Waals surface area (Å²) in [5.74, 6) is 2.42. The molecule has 0 aliphatic heterocycles. The topological polar surface area (TPSA) is 26.3 Å². The van der Waals surface area contributed by atoms with E-state index >= 15 is 0 Å². The summed E-state index contributed by atoms with van der Waals surface area (Å²) in [5.41, 5.74) is 3.48. The molecule has 2 heteroatoms. The molecule has 0 bridgehead atoms. The summed E-state index contributed by atoms with van der Waals surface area (Å²) in [6.07, 6.45) is 6.42. The minimum atomic E-state index is 0.0485. The van der Waals surface area contributed by atoms with Gasteiger partial charge in [0.15, 0.2) is 0 Å². The van der Waals surface area contributed by atoms with E-state index in [0.29, 0.717) is 17.6 Å². The number of carbonyl (C=O) groups is 1. The number of hydrogen-bond donors (Lipinski definition) is 0. The maximum atomic E-state index is 12.8. The molecule has 1 unspecified atom stereocenters. The second-order valence-corrected chi connectivity index (χ2v) is 8.04. The molecule has 27 heavy (non-hydrogen) atoms. The minimum Gasteiger partial charge on any atom is -0.497 e. The first kappa shape index (κ1) is 19.4. The summed E-state index contributed by atoms with van der Waals surface area (Å²) in [4.78, 5) is 12.8. The van der Waals surface area contributed by atoms with Crippen molar-refractivity contribution < 1.29 is 9.53 Å². The molecule has 2 aromatic rings. The van der Waals surface area contributed by atoms with E-state index < -0.39 is 0 Å². The third-order valence-electron chi connectivity index (χ3n) is 5.87. The average molecular weight is 363 g/mol. The Balaban J connectivity index is 1.72. The summed E-state index contributed by atoms with van der Waals surface area (Å²) in [5, 5.41) is 0. The Kier molecular flexibility index (Phi) is 6.15. The highest BCUT2D eigenvalue weighted by atomic mass is 16.5. The standard InChI is InChI=1S/C25H30O2/c1-17(2)23-15-5-18(3)24(25(23)26)16-8-19-6-9-20(10-7-19)21-11-13-22(27-4)14-12-21/h6-14,16-18,23-24H,5,15H2,1-4H3/b16-8+/t18-,23-,24?/m1/s1. The van der Waals surface area contributed by atoms with E-state index in [9.17, 15) is 4.79 Å². The highest BCUT2D eigenvalue weighted by Crippen LogP contribution is 2.35. The Morgan fingerprint density at radius 1 is 0.963 bits per heavy atom. The van der Waals surface area contributed by atoms with Crippen molar-refractivity contribution in [2.45, 2.75) is 33.6 Å². The Bertz CT molecular complexity index is 784.